The molecule has 6 nitrogen and oxygen atoms in total. The summed E-state index contributed by atoms with van der Waals surface area (Å²) in [6, 6.07) is 0.743. The van der Waals surface area contributed by atoms with Gasteiger partial charge < -0.3 is 0 Å². The number of hydrogen-bond donors (Lipinski definition) is 0. The maximum Gasteiger partial charge on any atom is 0.107 e. The van der Waals surface area contributed by atoms with Crippen molar-refractivity contribution in [2.24, 2.45) is 12.5 Å². The summed E-state index contributed by atoms with van der Waals surface area (Å²) < 4.78 is 1.88. The number of aryl methyl sites for hydroxylation is 1. The van der Waals surface area contributed by atoms with E-state index in [0.29, 0.717) is 5.41 Å². The van der Waals surface area contributed by atoms with Crippen LogP contribution in [0, 0.1) is 5.41 Å². The average molecular weight is 332 g/mol. The van der Waals surface area contributed by atoms with Crippen LogP contribution >= 0.6 is 11.3 Å². The lowest BCUT2D eigenvalue weighted by molar-refractivity contribution is 0.137. The second-order valence-electron chi connectivity index (χ2n) is 7.05. The Morgan fingerprint density at radius 3 is 2.87 bits per heavy atom. The summed E-state index contributed by atoms with van der Waals surface area (Å²) in [5, 5.41) is 11.3. The Morgan fingerprint density at radius 2 is 2.22 bits per heavy atom. The van der Waals surface area contributed by atoms with Gasteiger partial charge in [0.1, 0.15) is 5.01 Å². The van der Waals surface area contributed by atoms with Crippen LogP contribution in [-0.4, -0.2) is 56.0 Å². The fourth-order valence-corrected chi connectivity index (χ4v) is 4.66. The first-order valence-corrected chi connectivity index (χ1v) is 9.19. The molecule has 4 rings (SSSR count). The molecule has 1 saturated carbocycles. The van der Waals surface area contributed by atoms with Crippen LogP contribution in [0.15, 0.2) is 17.8 Å². The van der Waals surface area contributed by atoms with Crippen LogP contribution < -0.4 is 0 Å². The van der Waals surface area contributed by atoms with Crippen LogP contribution in [0.2, 0.25) is 0 Å². The van der Waals surface area contributed by atoms with Crippen molar-refractivity contribution in [2.45, 2.75) is 38.4 Å². The minimum absolute atomic E-state index is 0.563. The molecule has 0 aromatic carbocycles. The van der Waals surface area contributed by atoms with Gasteiger partial charge in [-0.3, -0.25) is 14.5 Å². The molecule has 2 fully saturated rings. The van der Waals surface area contributed by atoms with E-state index >= 15 is 0 Å². The first-order chi connectivity index (χ1) is 11.2. The summed E-state index contributed by atoms with van der Waals surface area (Å²) in [5.41, 5.74) is 1.77. The lowest BCUT2D eigenvalue weighted by Gasteiger charge is -2.33. The van der Waals surface area contributed by atoms with Crippen molar-refractivity contribution in [3.63, 3.8) is 0 Å². The normalized spacial score (nSPS) is 23.7. The minimum atomic E-state index is 0.563. The molecule has 3 heterocycles. The molecule has 2 aromatic rings. The molecule has 0 radical (unpaired) electrons. The number of thiazole rings is 1. The highest BCUT2D eigenvalue weighted by molar-refractivity contribution is 7.09. The summed E-state index contributed by atoms with van der Waals surface area (Å²) >= 11 is 1.76. The number of nitrogens with zero attached hydrogens (tertiary/aromatic N) is 6. The van der Waals surface area contributed by atoms with Crippen LogP contribution in [0.1, 0.15) is 30.0 Å². The zero-order chi connectivity index (χ0) is 15.9. The van der Waals surface area contributed by atoms with Gasteiger partial charge in [0.05, 0.1) is 18.4 Å². The van der Waals surface area contributed by atoms with E-state index in [1.165, 1.54) is 43.1 Å². The van der Waals surface area contributed by atoms with Crippen molar-refractivity contribution >= 4 is 11.3 Å². The Hall–Kier alpha value is -1.31. The third kappa shape index (κ3) is 3.05. The fourth-order valence-electron chi connectivity index (χ4n) is 3.98. The van der Waals surface area contributed by atoms with E-state index < -0.39 is 0 Å². The number of hydrogen-bond acceptors (Lipinski definition) is 6. The van der Waals surface area contributed by atoms with Gasteiger partial charge in [0.15, 0.2) is 0 Å². The smallest absolute Gasteiger partial charge is 0.107 e. The van der Waals surface area contributed by atoms with Crippen molar-refractivity contribution in [1.82, 2.24) is 29.8 Å². The maximum absolute atomic E-state index is 4.42. The van der Waals surface area contributed by atoms with Crippen molar-refractivity contribution in [1.29, 1.82) is 0 Å². The van der Waals surface area contributed by atoms with Gasteiger partial charge in [-0.25, -0.2) is 4.98 Å². The highest BCUT2D eigenvalue weighted by Gasteiger charge is 2.56. The number of rotatable bonds is 5. The first-order valence-electron chi connectivity index (χ1n) is 8.31. The average Bonchev–Trinajstić information content (AvgIpc) is 2.88. The van der Waals surface area contributed by atoms with Crippen molar-refractivity contribution in [2.75, 3.05) is 20.1 Å². The molecule has 124 valence electrons. The molecule has 0 N–H and O–H groups in total. The summed E-state index contributed by atoms with van der Waals surface area (Å²) in [6.07, 6.45) is 7.76. The second kappa shape index (κ2) is 5.96. The third-order valence-corrected chi connectivity index (χ3v) is 6.36. The van der Waals surface area contributed by atoms with Gasteiger partial charge in [0.25, 0.3) is 0 Å². The standard InChI is InChI=1S/C16H24N6S/c1-20(12-15-17-5-8-23-15)14-9-16(14)3-6-22(7-4-16)11-13-10-18-19-21(13)2/h5,8,10,14H,3-4,6-7,9,11-12H2,1-2H3. The Bertz CT molecular complexity index is 643. The Morgan fingerprint density at radius 1 is 1.39 bits per heavy atom. The molecule has 1 aliphatic carbocycles. The van der Waals surface area contributed by atoms with Crippen molar-refractivity contribution in [3.8, 4) is 0 Å². The third-order valence-electron chi connectivity index (χ3n) is 5.59. The van der Waals surface area contributed by atoms with Gasteiger partial charge >= 0.3 is 0 Å². The summed E-state index contributed by atoms with van der Waals surface area (Å²) in [5.74, 6) is 0. The molecule has 1 aliphatic heterocycles. The lowest BCUT2D eigenvalue weighted by atomic mass is 9.92. The fraction of sp³-hybridized carbons (Fsp3) is 0.688. The molecule has 1 unspecified atom stereocenters. The van der Waals surface area contributed by atoms with Gasteiger partial charge in [0.2, 0.25) is 0 Å². The number of aromatic nitrogens is 4. The SMILES string of the molecule is CN(Cc1nccs1)C1CC12CCN(Cc1cnnn1C)CC2. The van der Waals surface area contributed by atoms with E-state index in [1.807, 2.05) is 24.1 Å². The maximum atomic E-state index is 4.42. The van der Waals surface area contributed by atoms with Crippen LogP contribution in [0.4, 0.5) is 0 Å². The molecule has 7 heteroatoms. The van der Waals surface area contributed by atoms with E-state index in [4.69, 9.17) is 0 Å². The molecule has 1 atom stereocenters. The van der Waals surface area contributed by atoms with Crippen molar-refractivity contribution in [3.05, 3.63) is 28.5 Å². The van der Waals surface area contributed by atoms with Gasteiger partial charge in [-0.15, -0.1) is 16.4 Å². The second-order valence-corrected chi connectivity index (χ2v) is 8.03. The highest BCUT2D eigenvalue weighted by Crippen LogP contribution is 2.56. The van der Waals surface area contributed by atoms with Crippen LogP contribution in [0.5, 0.6) is 0 Å². The molecule has 23 heavy (non-hydrogen) atoms. The van der Waals surface area contributed by atoms with Gasteiger partial charge in [-0.1, -0.05) is 5.21 Å². The Labute approximate surface area is 141 Å². The summed E-state index contributed by atoms with van der Waals surface area (Å²) in [4.78, 5) is 9.47. The Kier molecular flexibility index (Phi) is 3.95. The molecule has 1 spiro atoms. The lowest BCUT2D eigenvalue weighted by Crippen LogP contribution is -2.37. The zero-order valence-electron chi connectivity index (χ0n) is 13.9. The molecule has 2 aliphatic rings. The molecule has 2 aromatic heterocycles. The minimum Gasteiger partial charge on any atom is -0.297 e. The van der Waals surface area contributed by atoms with E-state index in [9.17, 15) is 0 Å². The molecule has 1 saturated heterocycles. The van der Waals surface area contributed by atoms with Crippen LogP contribution in [-0.2, 0) is 20.1 Å². The Balaban J connectivity index is 1.29. The largest absolute Gasteiger partial charge is 0.297 e. The van der Waals surface area contributed by atoms with Gasteiger partial charge in [-0.2, -0.15) is 0 Å². The topological polar surface area (TPSA) is 50.1 Å². The number of likely N-dealkylation sites (tertiary alicyclic amines) is 1. The number of piperidine rings is 1. The van der Waals surface area contributed by atoms with E-state index in [-0.39, 0.29) is 0 Å². The molecular weight excluding hydrogens is 308 g/mol. The van der Waals surface area contributed by atoms with E-state index in [1.54, 1.807) is 11.3 Å². The summed E-state index contributed by atoms with van der Waals surface area (Å²) in [6.45, 7) is 4.34. The molecular formula is C16H24N6S. The van der Waals surface area contributed by atoms with E-state index in [2.05, 4.69) is 37.5 Å². The highest BCUT2D eigenvalue weighted by atomic mass is 32.1. The predicted octanol–water partition coefficient (Wildman–Crippen LogP) is 1.76. The molecule has 0 amide bonds. The van der Waals surface area contributed by atoms with Gasteiger partial charge in [0, 0.05) is 31.2 Å². The van der Waals surface area contributed by atoms with E-state index in [0.717, 1.165) is 19.1 Å². The summed E-state index contributed by atoms with van der Waals surface area (Å²) in [7, 11) is 4.23. The first kappa shape index (κ1) is 15.2. The van der Waals surface area contributed by atoms with Crippen LogP contribution in [0.3, 0.4) is 0 Å². The quantitative estimate of drug-likeness (QED) is 0.835. The van der Waals surface area contributed by atoms with Crippen LogP contribution in [0.25, 0.3) is 0 Å². The van der Waals surface area contributed by atoms with Crippen molar-refractivity contribution < 1.29 is 0 Å². The van der Waals surface area contributed by atoms with Gasteiger partial charge in [-0.05, 0) is 44.8 Å². The predicted molar refractivity (Wildman–Crippen MR) is 89.9 cm³/mol. The zero-order valence-corrected chi connectivity index (χ0v) is 14.7. The monoisotopic (exact) mass is 332 g/mol. The molecule has 0 bridgehead atoms.